The highest BCUT2D eigenvalue weighted by atomic mass is 16.5. The summed E-state index contributed by atoms with van der Waals surface area (Å²) in [6.07, 6.45) is 1.94. The molecular weight excluding hydrogens is 366 g/mol. The van der Waals surface area contributed by atoms with Gasteiger partial charge in [-0.1, -0.05) is 23.8 Å². The molecule has 7 heteroatoms. The number of fused-ring (bicyclic) bond motifs is 1. The summed E-state index contributed by atoms with van der Waals surface area (Å²) in [6.45, 7) is 5.44. The summed E-state index contributed by atoms with van der Waals surface area (Å²) in [5, 5.41) is 4.77. The second kappa shape index (κ2) is 7.35. The van der Waals surface area contributed by atoms with E-state index in [1.165, 1.54) is 5.56 Å². The molecule has 0 saturated carbocycles. The lowest BCUT2D eigenvalue weighted by Crippen LogP contribution is -2.36. The number of ether oxygens (including phenoxy) is 1. The van der Waals surface area contributed by atoms with Crippen molar-refractivity contribution < 1.29 is 9.15 Å². The van der Waals surface area contributed by atoms with Crippen molar-refractivity contribution in [1.82, 2.24) is 14.8 Å². The Bertz CT molecular complexity index is 1160. The SMILES string of the molecule is Cc1cccc(-c2ccn(-c3cc(N4CCOCC4)c4oc(CN)cc4n3)n2)c1. The van der Waals surface area contributed by atoms with Crippen LogP contribution in [0.3, 0.4) is 0 Å². The number of anilines is 1. The highest BCUT2D eigenvalue weighted by Crippen LogP contribution is 2.31. The van der Waals surface area contributed by atoms with Gasteiger partial charge in [-0.15, -0.1) is 0 Å². The number of pyridine rings is 1. The lowest BCUT2D eigenvalue weighted by Gasteiger charge is -2.28. The first-order valence-electron chi connectivity index (χ1n) is 9.80. The molecule has 0 atom stereocenters. The fraction of sp³-hybridized carbons (Fsp3) is 0.273. The Morgan fingerprint density at radius 2 is 1.97 bits per heavy atom. The average molecular weight is 389 g/mol. The number of nitrogens with two attached hydrogens (primary N) is 1. The summed E-state index contributed by atoms with van der Waals surface area (Å²) in [6, 6.07) is 14.3. The van der Waals surface area contributed by atoms with E-state index in [4.69, 9.17) is 25.0 Å². The number of rotatable bonds is 4. The van der Waals surface area contributed by atoms with Crippen molar-refractivity contribution >= 4 is 16.8 Å². The minimum Gasteiger partial charge on any atom is -0.456 e. The quantitative estimate of drug-likeness (QED) is 0.577. The van der Waals surface area contributed by atoms with Gasteiger partial charge in [-0.25, -0.2) is 9.67 Å². The summed E-state index contributed by atoms with van der Waals surface area (Å²) in [5.74, 6) is 1.47. The van der Waals surface area contributed by atoms with Crippen LogP contribution in [0.1, 0.15) is 11.3 Å². The zero-order chi connectivity index (χ0) is 19.8. The largest absolute Gasteiger partial charge is 0.456 e. The molecule has 5 rings (SSSR count). The number of benzene rings is 1. The van der Waals surface area contributed by atoms with E-state index >= 15 is 0 Å². The van der Waals surface area contributed by atoms with Crippen molar-refractivity contribution in [3.8, 4) is 17.1 Å². The van der Waals surface area contributed by atoms with Gasteiger partial charge in [-0.05, 0) is 19.1 Å². The first kappa shape index (κ1) is 17.9. The van der Waals surface area contributed by atoms with Gasteiger partial charge in [0.2, 0.25) is 0 Å². The van der Waals surface area contributed by atoms with Gasteiger partial charge >= 0.3 is 0 Å². The van der Waals surface area contributed by atoms with E-state index in [0.717, 1.165) is 52.7 Å². The van der Waals surface area contributed by atoms with Crippen molar-refractivity contribution in [3.63, 3.8) is 0 Å². The van der Waals surface area contributed by atoms with Crippen LogP contribution < -0.4 is 10.6 Å². The van der Waals surface area contributed by atoms with Crippen LogP contribution in [0.15, 0.2) is 53.1 Å². The molecular formula is C22H23N5O2. The number of hydrogen-bond acceptors (Lipinski definition) is 6. The average Bonchev–Trinajstić information content (AvgIpc) is 3.41. The van der Waals surface area contributed by atoms with Crippen LogP contribution in [0.25, 0.3) is 28.2 Å². The molecule has 3 aromatic heterocycles. The first-order valence-corrected chi connectivity index (χ1v) is 9.80. The Kier molecular flexibility index (Phi) is 4.54. The van der Waals surface area contributed by atoms with Gasteiger partial charge in [0.15, 0.2) is 11.4 Å². The van der Waals surface area contributed by atoms with Crippen molar-refractivity contribution in [3.05, 3.63) is 60.0 Å². The summed E-state index contributed by atoms with van der Waals surface area (Å²) < 4.78 is 13.3. The second-order valence-electron chi connectivity index (χ2n) is 7.25. The summed E-state index contributed by atoms with van der Waals surface area (Å²) in [4.78, 5) is 7.06. The van der Waals surface area contributed by atoms with Gasteiger partial charge in [0, 0.05) is 37.0 Å². The van der Waals surface area contributed by atoms with Gasteiger partial charge in [0.25, 0.3) is 0 Å². The van der Waals surface area contributed by atoms with E-state index in [2.05, 4.69) is 30.0 Å². The third-order valence-corrected chi connectivity index (χ3v) is 5.19. The Labute approximate surface area is 168 Å². The minimum atomic E-state index is 0.341. The standard InChI is InChI=1S/C22H23N5O2/c1-15-3-2-4-16(11-15)18-5-6-27(25-18)21-13-20(26-7-9-28-10-8-26)22-19(24-21)12-17(14-23)29-22/h2-6,11-13H,7-10,14,23H2,1H3. The van der Waals surface area contributed by atoms with E-state index in [9.17, 15) is 0 Å². The highest BCUT2D eigenvalue weighted by molar-refractivity contribution is 5.88. The summed E-state index contributed by atoms with van der Waals surface area (Å²) in [7, 11) is 0. The molecule has 0 bridgehead atoms. The summed E-state index contributed by atoms with van der Waals surface area (Å²) >= 11 is 0. The number of aryl methyl sites for hydroxylation is 1. The van der Waals surface area contributed by atoms with Gasteiger partial charge in [0.1, 0.15) is 11.3 Å². The van der Waals surface area contributed by atoms with Crippen molar-refractivity contribution in [2.45, 2.75) is 13.5 Å². The van der Waals surface area contributed by atoms with Crippen molar-refractivity contribution in [2.75, 3.05) is 31.2 Å². The molecule has 29 heavy (non-hydrogen) atoms. The van der Waals surface area contributed by atoms with Gasteiger partial charge < -0.3 is 19.8 Å². The Morgan fingerprint density at radius 1 is 1.10 bits per heavy atom. The van der Waals surface area contributed by atoms with Crippen molar-refractivity contribution in [1.29, 1.82) is 0 Å². The predicted octanol–water partition coefficient (Wildman–Crippen LogP) is 3.28. The fourth-order valence-corrected chi connectivity index (χ4v) is 3.71. The molecule has 0 radical (unpaired) electrons. The Morgan fingerprint density at radius 3 is 2.76 bits per heavy atom. The maximum Gasteiger partial charge on any atom is 0.176 e. The molecule has 1 aromatic carbocycles. The second-order valence-corrected chi connectivity index (χ2v) is 7.25. The maximum atomic E-state index is 5.98. The molecule has 0 aliphatic carbocycles. The molecule has 4 heterocycles. The van der Waals surface area contributed by atoms with E-state index in [1.54, 1.807) is 0 Å². The molecule has 2 N–H and O–H groups in total. The van der Waals surface area contributed by atoms with Crippen LogP contribution in [0.2, 0.25) is 0 Å². The number of aromatic nitrogens is 3. The van der Waals surface area contributed by atoms with Crippen LogP contribution in [-0.2, 0) is 11.3 Å². The van der Waals surface area contributed by atoms with Crippen LogP contribution in [0.4, 0.5) is 5.69 Å². The monoisotopic (exact) mass is 389 g/mol. The zero-order valence-electron chi connectivity index (χ0n) is 16.3. The molecule has 1 fully saturated rings. The predicted molar refractivity (Wildman–Crippen MR) is 112 cm³/mol. The number of morpholine rings is 1. The smallest absolute Gasteiger partial charge is 0.176 e. The molecule has 0 spiro atoms. The van der Waals surface area contributed by atoms with E-state index < -0.39 is 0 Å². The van der Waals surface area contributed by atoms with Crippen LogP contribution in [-0.4, -0.2) is 41.1 Å². The Balaban J connectivity index is 1.60. The zero-order valence-corrected chi connectivity index (χ0v) is 16.3. The lowest BCUT2D eigenvalue weighted by atomic mass is 10.1. The highest BCUT2D eigenvalue weighted by Gasteiger charge is 2.20. The summed E-state index contributed by atoms with van der Waals surface area (Å²) in [5.41, 5.74) is 11.6. The normalized spacial score (nSPS) is 14.6. The molecule has 148 valence electrons. The third-order valence-electron chi connectivity index (χ3n) is 5.19. The van der Waals surface area contributed by atoms with Gasteiger partial charge in [0.05, 0.1) is 31.1 Å². The van der Waals surface area contributed by atoms with E-state index in [0.29, 0.717) is 19.8 Å². The minimum absolute atomic E-state index is 0.341. The number of hydrogen-bond donors (Lipinski definition) is 1. The number of nitrogens with zero attached hydrogens (tertiary/aromatic N) is 4. The molecule has 4 aromatic rings. The maximum absolute atomic E-state index is 5.98. The molecule has 0 amide bonds. The fourth-order valence-electron chi connectivity index (χ4n) is 3.71. The molecule has 7 nitrogen and oxygen atoms in total. The van der Waals surface area contributed by atoms with Crippen molar-refractivity contribution in [2.24, 2.45) is 5.73 Å². The number of furan rings is 1. The van der Waals surface area contributed by atoms with Gasteiger partial charge in [-0.2, -0.15) is 5.10 Å². The first-order chi connectivity index (χ1) is 14.2. The molecule has 1 aliphatic rings. The lowest BCUT2D eigenvalue weighted by molar-refractivity contribution is 0.122. The van der Waals surface area contributed by atoms with Crippen LogP contribution in [0.5, 0.6) is 0 Å². The molecule has 0 unspecified atom stereocenters. The van der Waals surface area contributed by atoms with Crippen LogP contribution >= 0.6 is 0 Å². The van der Waals surface area contributed by atoms with Gasteiger partial charge in [-0.3, -0.25) is 0 Å². The topological polar surface area (TPSA) is 82.3 Å². The van der Waals surface area contributed by atoms with E-state index in [-0.39, 0.29) is 0 Å². The third kappa shape index (κ3) is 3.39. The van der Waals surface area contributed by atoms with E-state index in [1.807, 2.05) is 35.1 Å². The van der Waals surface area contributed by atoms with Crippen LogP contribution in [0, 0.1) is 6.92 Å². The molecule has 1 aliphatic heterocycles. The molecule has 1 saturated heterocycles. The Hall–Kier alpha value is -3.16.